The van der Waals surface area contributed by atoms with E-state index in [2.05, 4.69) is 35.3 Å². The van der Waals surface area contributed by atoms with E-state index in [1.807, 2.05) is 16.9 Å². The fourth-order valence-corrected chi connectivity index (χ4v) is 2.46. The first-order valence-corrected chi connectivity index (χ1v) is 7.92. The molecule has 1 aliphatic carbocycles. The van der Waals surface area contributed by atoms with E-state index < -0.39 is 0 Å². The molecule has 0 bridgehead atoms. The Balaban J connectivity index is 1.75. The second-order valence-corrected chi connectivity index (χ2v) is 6.53. The number of hydrogen-bond acceptors (Lipinski definition) is 3. The van der Waals surface area contributed by atoms with E-state index >= 15 is 0 Å². The molecule has 1 aliphatic rings. The molecule has 3 rings (SSSR count). The molecule has 0 atom stereocenters. The molecule has 0 unspecified atom stereocenters. The van der Waals surface area contributed by atoms with Crippen molar-refractivity contribution in [1.29, 1.82) is 0 Å². The molecule has 0 aliphatic heterocycles. The number of halogens is 1. The standard InChI is InChI=1S/C16H21ClN4/c1-11(2)8-18-9-13-7-16(19-10-14(13)17)21-6-5-15(20-21)12-3-4-12/h5-7,10-12,18H,3-4,8-9H2,1-2H3. The highest BCUT2D eigenvalue weighted by molar-refractivity contribution is 6.31. The van der Waals surface area contributed by atoms with Gasteiger partial charge in [-0.3, -0.25) is 0 Å². The number of pyridine rings is 1. The van der Waals surface area contributed by atoms with Gasteiger partial charge in [-0.05, 0) is 43.0 Å². The summed E-state index contributed by atoms with van der Waals surface area (Å²) in [6.45, 7) is 6.11. The summed E-state index contributed by atoms with van der Waals surface area (Å²) in [4.78, 5) is 4.39. The van der Waals surface area contributed by atoms with Gasteiger partial charge in [-0.1, -0.05) is 25.4 Å². The summed E-state index contributed by atoms with van der Waals surface area (Å²) in [5, 5.41) is 8.72. The smallest absolute Gasteiger partial charge is 0.153 e. The zero-order valence-electron chi connectivity index (χ0n) is 12.5. The summed E-state index contributed by atoms with van der Waals surface area (Å²) in [5.41, 5.74) is 2.23. The highest BCUT2D eigenvalue weighted by atomic mass is 35.5. The number of rotatable bonds is 6. The predicted octanol–water partition coefficient (Wildman–Crippen LogP) is 3.54. The molecule has 1 N–H and O–H groups in total. The van der Waals surface area contributed by atoms with Crippen molar-refractivity contribution in [3.8, 4) is 5.82 Å². The lowest BCUT2D eigenvalue weighted by molar-refractivity contribution is 0.552. The highest BCUT2D eigenvalue weighted by Gasteiger charge is 2.26. The van der Waals surface area contributed by atoms with E-state index in [1.165, 1.54) is 18.5 Å². The van der Waals surface area contributed by atoms with Gasteiger partial charge in [-0.2, -0.15) is 5.10 Å². The summed E-state index contributed by atoms with van der Waals surface area (Å²) in [6.07, 6.45) is 6.21. The number of nitrogens with one attached hydrogen (secondary N) is 1. The van der Waals surface area contributed by atoms with Crippen LogP contribution in [0.3, 0.4) is 0 Å². The van der Waals surface area contributed by atoms with Crippen LogP contribution in [-0.2, 0) is 6.54 Å². The van der Waals surface area contributed by atoms with Gasteiger partial charge in [-0.25, -0.2) is 9.67 Å². The lowest BCUT2D eigenvalue weighted by Crippen LogP contribution is -2.19. The first-order chi connectivity index (χ1) is 10.1. The van der Waals surface area contributed by atoms with Gasteiger partial charge in [0.2, 0.25) is 0 Å². The van der Waals surface area contributed by atoms with E-state index in [1.54, 1.807) is 6.20 Å². The average molecular weight is 305 g/mol. The molecule has 1 saturated carbocycles. The molecule has 5 heteroatoms. The number of aromatic nitrogens is 3. The minimum Gasteiger partial charge on any atom is -0.312 e. The molecule has 112 valence electrons. The van der Waals surface area contributed by atoms with Crippen LogP contribution in [-0.4, -0.2) is 21.3 Å². The molecular formula is C16H21ClN4. The Morgan fingerprint density at radius 1 is 1.43 bits per heavy atom. The lowest BCUT2D eigenvalue weighted by atomic mass is 10.2. The Kier molecular flexibility index (Phi) is 4.27. The van der Waals surface area contributed by atoms with Crippen molar-refractivity contribution >= 4 is 11.6 Å². The maximum absolute atomic E-state index is 6.23. The molecular weight excluding hydrogens is 284 g/mol. The van der Waals surface area contributed by atoms with Crippen LogP contribution in [0, 0.1) is 5.92 Å². The molecule has 0 radical (unpaired) electrons. The van der Waals surface area contributed by atoms with Crippen molar-refractivity contribution < 1.29 is 0 Å². The molecule has 2 heterocycles. The van der Waals surface area contributed by atoms with Crippen molar-refractivity contribution in [1.82, 2.24) is 20.1 Å². The van der Waals surface area contributed by atoms with Crippen LogP contribution in [0.4, 0.5) is 0 Å². The van der Waals surface area contributed by atoms with Gasteiger partial charge in [0.1, 0.15) is 0 Å². The molecule has 0 amide bonds. The average Bonchev–Trinajstić information content (AvgIpc) is 3.18. The van der Waals surface area contributed by atoms with E-state index in [0.29, 0.717) is 16.9 Å². The maximum Gasteiger partial charge on any atom is 0.153 e. The fourth-order valence-electron chi connectivity index (χ4n) is 2.29. The summed E-state index contributed by atoms with van der Waals surface area (Å²) >= 11 is 6.23. The molecule has 21 heavy (non-hydrogen) atoms. The Morgan fingerprint density at radius 2 is 2.24 bits per heavy atom. The topological polar surface area (TPSA) is 42.7 Å². The third kappa shape index (κ3) is 3.63. The minimum absolute atomic E-state index is 0.622. The van der Waals surface area contributed by atoms with Crippen LogP contribution in [0.2, 0.25) is 5.02 Å². The molecule has 4 nitrogen and oxygen atoms in total. The van der Waals surface area contributed by atoms with Crippen LogP contribution >= 0.6 is 11.6 Å². The highest BCUT2D eigenvalue weighted by Crippen LogP contribution is 2.39. The fraction of sp³-hybridized carbons (Fsp3) is 0.500. The van der Waals surface area contributed by atoms with Crippen LogP contribution in [0.15, 0.2) is 24.5 Å². The van der Waals surface area contributed by atoms with Gasteiger partial charge in [0, 0.05) is 24.9 Å². The monoisotopic (exact) mass is 304 g/mol. The van der Waals surface area contributed by atoms with Crippen molar-refractivity contribution in [3.05, 3.63) is 40.8 Å². The molecule has 0 spiro atoms. The third-order valence-electron chi connectivity index (χ3n) is 3.63. The molecule has 2 aromatic rings. The van der Waals surface area contributed by atoms with Crippen molar-refractivity contribution in [2.24, 2.45) is 5.92 Å². The normalized spacial score (nSPS) is 14.9. The van der Waals surface area contributed by atoms with Crippen molar-refractivity contribution in [2.75, 3.05) is 6.54 Å². The second-order valence-electron chi connectivity index (χ2n) is 6.12. The second kappa shape index (κ2) is 6.16. The predicted molar refractivity (Wildman–Crippen MR) is 84.9 cm³/mol. The quantitative estimate of drug-likeness (QED) is 0.887. The van der Waals surface area contributed by atoms with Crippen LogP contribution in [0.5, 0.6) is 0 Å². The largest absolute Gasteiger partial charge is 0.312 e. The van der Waals surface area contributed by atoms with Crippen molar-refractivity contribution in [2.45, 2.75) is 39.2 Å². The SMILES string of the molecule is CC(C)CNCc1cc(-n2ccc(C3CC3)n2)ncc1Cl. The van der Waals surface area contributed by atoms with E-state index in [9.17, 15) is 0 Å². The van der Waals surface area contributed by atoms with Crippen molar-refractivity contribution in [3.63, 3.8) is 0 Å². The number of hydrogen-bond donors (Lipinski definition) is 1. The molecule has 2 aromatic heterocycles. The molecule has 0 aromatic carbocycles. The van der Waals surface area contributed by atoms with Crippen LogP contribution < -0.4 is 5.32 Å². The molecule has 1 fully saturated rings. The maximum atomic E-state index is 6.23. The van der Waals surface area contributed by atoms with Gasteiger partial charge in [-0.15, -0.1) is 0 Å². The first-order valence-electron chi connectivity index (χ1n) is 7.54. The lowest BCUT2D eigenvalue weighted by Gasteiger charge is -2.10. The van der Waals surface area contributed by atoms with Crippen LogP contribution in [0.25, 0.3) is 5.82 Å². The van der Waals surface area contributed by atoms with Gasteiger partial charge in [0.05, 0.1) is 10.7 Å². The summed E-state index contributed by atoms with van der Waals surface area (Å²) < 4.78 is 1.84. The Labute approximate surface area is 130 Å². The number of nitrogens with zero attached hydrogens (tertiary/aromatic N) is 3. The van der Waals surface area contributed by atoms with Gasteiger partial charge in [0.15, 0.2) is 5.82 Å². The van der Waals surface area contributed by atoms with E-state index in [-0.39, 0.29) is 0 Å². The summed E-state index contributed by atoms with van der Waals surface area (Å²) in [5.74, 6) is 2.11. The van der Waals surface area contributed by atoms with Gasteiger partial charge >= 0.3 is 0 Å². The Hall–Kier alpha value is -1.39. The Morgan fingerprint density at radius 3 is 2.95 bits per heavy atom. The minimum atomic E-state index is 0.622. The third-order valence-corrected chi connectivity index (χ3v) is 3.97. The summed E-state index contributed by atoms with van der Waals surface area (Å²) in [7, 11) is 0. The van der Waals surface area contributed by atoms with E-state index in [0.717, 1.165) is 24.5 Å². The zero-order valence-corrected chi connectivity index (χ0v) is 13.3. The Bertz CT molecular complexity index is 616. The van der Waals surface area contributed by atoms with Crippen LogP contribution in [0.1, 0.15) is 43.9 Å². The first kappa shape index (κ1) is 14.5. The molecule has 0 saturated heterocycles. The van der Waals surface area contributed by atoms with E-state index in [4.69, 9.17) is 11.6 Å². The van der Waals surface area contributed by atoms with Gasteiger partial charge < -0.3 is 5.32 Å². The van der Waals surface area contributed by atoms with Gasteiger partial charge in [0.25, 0.3) is 0 Å². The summed E-state index contributed by atoms with van der Waals surface area (Å²) in [6, 6.07) is 4.10. The zero-order chi connectivity index (χ0) is 14.8.